The first-order chi connectivity index (χ1) is 7.57. The van der Waals surface area contributed by atoms with E-state index < -0.39 is 18.1 Å². The van der Waals surface area contributed by atoms with E-state index in [0.29, 0.717) is 19.4 Å². The summed E-state index contributed by atoms with van der Waals surface area (Å²) < 4.78 is 0. The Labute approximate surface area is 99.4 Å². The molecule has 0 aliphatic carbocycles. The number of likely N-dealkylation sites (tertiary alicyclic amines) is 1. The number of carbonyl (C=O) groups excluding carboxylic acids is 1. The molecule has 1 aliphatic heterocycles. The zero-order valence-corrected chi connectivity index (χ0v) is 10.2. The Bertz CT molecular complexity index is 273. The van der Waals surface area contributed by atoms with Crippen LogP contribution in [-0.4, -0.2) is 52.5 Å². The van der Waals surface area contributed by atoms with Crippen LogP contribution in [0.1, 0.15) is 19.3 Å². The number of carboxylic acid groups (broad SMARTS) is 1. The molecule has 0 bridgehead atoms. The summed E-state index contributed by atoms with van der Waals surface area (Å²) in [5.41, 5.74) is 5.75. The lowest BCUT2D eigenvalue weighted by molar-refractivity contribution is -0.148. The molecule has 1 rings (SSSR count). The van der Waals surface area contributed by atoms with E-state index in [4.69, 9.17) is 10.8 Å². The average Bonchev–Trinajstić information content (AvgIpc) is 2.73. The van der Waals surface area contributed by atoms with Gasteiger partial charge in [0.15, 0.2) is 0 Å². The predicted molar refractivity (Wildman–Crippen MR) is 63.3 cm³/mol. The second kappa shape index (κ2) is 6.10. The van der Waals surface area contributed by atoms with Gasteiger partial charge in [-0.1, -0.05) is 0 Å². The molecule has 1 heterocycles. The van der Waals surface area contributed by atoms with Gasteiger partial charge < -0.3 is 15.7 Å². The Kier molecular flexibility index (Phi) is 5.08. The first kappa shape index (κ1) is 13.3. The van der Waals surface area contributed by atoms with Crippen LogP contribution in [-0.2, 0) is 9.59 Å². The van der Waals surface area contributed by atoms with E-state index in [9.17, 15) is 9.59 Å². The lowest BCUT2D eigenvalue weighted by atomic mass is 10.2. The SMILES string of the molecule is CSCC[C@@H](N)C(=O)N1CCC[C@H]1C(=O)O. The summed E-state index contributed by atoms with van der Waals surface area (Å²) in [7, 11) is 0. The Morgan fingerprint density at radius 3 is 2.88 bits per heavy atom. The minimum Gasteiger partial charge on any atom is -0.480 e. The van der Waals surface area contributed by atoms with Crippen molar-refractivity contribution in [3.63, 3.8) is 0 Å². The number of nitrogens with zero attached hydrogens (tertiary/aromatic N) is 1. The maximum Gasteiger partial charge on any atom is 0.326 e. The van der Waals surface area contributed by atoms with Gasteiger partial charge in [-0.25, -0.2) is 4.79 Å². The van der Waals surface area contributed by atoms with Gasteiger partial charge in [-0.05, 0) is 31.3 Å². The Balaban J connectivity index is 2.55. The smallest absolute Gasteiger partial charge is 0.326 e. The van der Waals surface area contributed by atoms with E-state index >= 15 is 0 Å². The molecule has 0 spiro atoms. The van der Waals surface area contributed by atoms with Crippen LogP contribution in [0, 0.1) is 0 Å². The van der Waals surface area contributed by atoms with Gasteiger partial charge in [-0.2, -0.15) is 11.8 Å². The van der Waals surface area contributed by atoms with E-state index in [2.05, 4.69) is 0 Å². The van der Waals surface area contributed by atoms with Gasteiger partial charge in [0.05, 0.1) is 6.04 Å². The first-order valence-corrected chi connectivity index (χ1v) is 6.75. The third-order valence-electron chi connectivity index (χ3n) is 2.77. The van der Waals surface area contributed by atoms with Crippen molar-refractivity contribution in [3.8, 4) is 0 Å². The van der Waals surface area contributed by atoms with Gasteiger partial charge >= 0.3 is 5.97 Å². The number of amides is 1. The van der Waals surface area contributed by atoms with Crippen molar-refractivity contribution >= 4 is 23.6 Å². The largest absolute Gasteiger partial charge is 0.480 e. The van der Waals surface area contributed by atoms with Gasteiger partial charge in [0.1, 0.15) is 6.04 Å². The van der Waals surface area contributed by atoms with Crippen LogP contribution >= 0.6 is 11.8 Å². The third kappa shape index (κ3) is 3.12. The van der Waals surface area contributed by atoms with Gasteiger partial charge in [0.25, 0.3) is 0 Å². The molecule has 1 fully saturated rings. The van der Waals surface area contributed by atoms with Crippen molar-refractivity contribution in [2.45, 2.75) is 31.3 Å². The van der Waals surface area contributed by atoms with Crippen molar-refractivity contribution in [1.29, 1.82) is 0 Å². The zero-order valence-electron chi connectivity index (χ0n) is 9.39. The number of carbonyl (C=O) groups is 2. The molecule has 0 aromatic carbocycles. The molecule has 6 heteroatoms. The topological polar surface area (TPSA) is 83.6 Å². The molecule has 0 radical (unpaired) electrons. The van der Waals surface area contributed by atoms with Crippen LogP contribution in [0.2, 0.25) is 0 Å². The molecule has 16 heavy (non-hydrogen) atoms. The summed E-state index contributed by atoms with van der Waals surface area (Å²) in [5.74, 6) is -0.333. The van der Waals surface area contributed by atoms with Crippen LogP contribution in [0.3, 0.4) is 0 Å². The predicted octanol–water partition coefficient (Wildman–Crippen LogP) is 0.142. The second-order valence-corrected chi connectivity index (χ2v) is 4.90. The number of nitrogens with two attached hydrogens (primary N) is 1. The fourth-order valence-electron chi connectivity index (χ4n) is 1.87. The summed E-state index contributed by atoms with van der Waals surface area (Å²) in [6.07, 6.45) is 3.84. The van der Waals surface area contributed by atoms with E-state index in [1.54, 1.807) is 11.8 Å². The van der Waals surface area contributed by atoms with Gasteiger partial charge in [0.2, 0.25) is 5.91 Å². The highest BCUT2D eigenvalue weighted by Crippen LogP contribution is 2.18. The maximum atomic E-state index is 11.9. The molecule has 0 unspecified atom stereocenters. The van der Waals surface area contributed by atoms with Crippen LogP contribution in [0.4, 0.5) is 0 Å². The lowest BCUT2D eigenvalue weighted by Crippen LogP contribution is -2.48. The van der Waals surface area contributed by atoms with Crippen LogP contribution in [0.25, 0.3) is 0 Å². The zero-order chi connectivity index (χ0) is 12.1. The van der Waals surface area contributed by atoms with Crippen molar-refractivity contribution < 1.29 is 14.7 Å². The van der Waals surface area contributed by atoms with E-state index in [0.717, 1.165) is 12.2 Å². The minimum absolute atomic E-state index is 0.223. The molecule has 0 saturated carbocycles. The summed E-state index contributed by atoms with van der Waals surface area (Å²) in [5, 5.41) is 8.95. The minimum atomic E-state index is -0.928. The molecule has 1 aliphatic rings. The number of rotatable bonds is 5. The molecule has 2 atom stereocenters. The average molecular weight is 246 g/mol. The molecule has 0 aromatic rings. The van der Waals surface area contributed by atoms with Crippen LogP contribution in [0.5, 0.6) is 0 Å². The summed E-state index contributed by atoms with van der Waals surface area (Å²) >= 11 is 1.63. The maximum absolute atomic E-state index is 11.9. The standard InChI is InChI=1S/C10H18N2O3S/c1-16-6-4-7(11)9(13)12-5-2-3-8(12)10(14)15/h7-8H,2-6,11H2,1H3,(H,14,15)/t7-,8+/m1/s1. The monoisotopic (exact) mass is 246 g/mol. The highest BCUT2D eigenvalue weighted by atomic mass is 32.2. The molecule has 1 saturated heterocycles. The van der Waals surface area contributed by atoms with Crippen molar-refractivity contribution in [1.82, 2.24) is 4.90 Å². The van der Waals surface area contributed by atoms with Crippen LogP contribution < -0.4 is 5.73 Å². The summed E-state index contributed by atoms with van der Waals surface area (Å²) in [6, 6.07) is -1.24. The van der Waals surface area contributed by atoms with Crippen LogP contribution in [0.15, 0.2) is 0 Å². The molecular weight excluding hydrogens is 228 g/mol. The fourth-order valence-corrected chi connectivity index (χ4v) is 2.36. The molecule has 5 nitrogen and oxygen atoms in total. The molecule has 92 valence electrons. The second-order valence-electron chi connectivity index (χ2n) is 3.92. The van der Waals surface area contributed by atoms with E-state index in [1.807, 2.05) is 6.26 Å². The highest BCUT2D eigenvalue weighted by molar-refractivity contribution is 7.98. The van der Waals surface area contributed by atoms with Crippen molar-refractivity contribution in [2.75, 3.05) is 18.6 Å². The van der Waals surface area contributed by atoms with Gasteiger partial charge in [-0.15, -0.1) is 0 Å². The number of hydrogen-bond acceptors (Lipinski definition) is 4. The summed E-state index contributed by atoms with van der Waals surface area (Å²) in [4.78, 5) is 24.2. The molecule has 3 N–H and O–H groups in total. The number of thioether (sulfide) groups is 1. The third-order valence-corrected chi connectivity index (χ3v) is 3.42. The highest BCUT2D eigenvalue weighted by Gasteiger charge is 2.35. The molecule has 1 amide bonds. The normalized spacial score (nSPS) is 22.1. The van der Waals surface area contributed by atoms with E-state index in [-0.39, 0.29) is 5.91 Å². The Morgan fingerprint density at radius 1 is 1.62 bits per heavy atom. The molecule has 0 aromatic heterocycles. The summed E-state index contributed by atoms with van der Waals surface area (Å²) in [6.45, 7) is 0.517. The Morgan fingerprint density at radius 2 is 2.31 bits per heavy atom. The van der Waals surface area contributed by atoms with Crippen molar-refractivity contribution in [3.05, 3.63) is 0 Å². The van der Waals surface area contributed by atoms with Gasteiger partial charge in [-0.3, -0.25) is 4.79 Å². The quantitative estimate of drug-likeness (QED) is 0.721. The first-order valence-electron chi connectivity index (χ1n) is 5.35. The Hall–Kier alpha value is -0.750. The van der Waals surface area contributed by atoms with Gasteiger partial charge in [0, 0.05) is 6.54 Å². The number of hydrogen-bond donors (Lipinski definition) is 2. The van der Waals surface area contributed by atoms with E-state index in [1.165, 1.54) is 4.90 Å². The lowest BCUT2D eigenvalue weighted by Gasteiger charge is -2.24. The fraction of sp³-hybridized carbons (Fsp3) is 0.800. The number of carboxylic acids is 1. The number of aliphatic carboxylic acids is 1. The van der Waals surface area contributed by atoms with Crippen molar-refractivity contribution in [2.24, 2.45) is 5.73 Å². The molecular formula is C10H18N2O3S.